The maximum Gasteiger partial charge on any atom is 0.404 e. The van der Waals surface area contributed by atoms with Crippen LogP contribution in [0.15, 0.2) is 28.8 Å². The van der Waals surface area contributed by atoms with Crippen molar-refractivity contribution in [1.82, 2.24) is 15.2 Å². The summed E-state index contributed by atoms with van der Waals surface area (Å²) in [5.74, 6) is 7.65. The molecule has 1 unspecified atom stereocenters. The number of nitrogens with two attached hydrogens (primary N) is 1. The first-order valence-corrected chi connectivity index (χ1v) is 8.12. The standard InChI is InChI=1S/C17H20N4O4/c1-24-11-2-3-15-12(6-11)13-8-21(18)9-14(16(13)25-15)20-5-4-10(7-20)19-17(22)23/h2-3,6,9-10,19H,4-5,7-8,18H2,1H3,(H,22,23). The molecule has 1 saturated heterocycles. The number of rotatable bonds is 3. The van der Waals surface area contributed by atoms with Gasteiger partial charge in [-0.15, -0.1) is 0 Å². The van der Waals surface area contributed by atoms with Crippen molar-refractivity contribution < 1.29 is 19.1 Å². The molecule has 0 aliphatic carbocycles. The molecule has 2 aromatic rings. The Balaban J connectivity index is 1.70. The summed E-state index contributed by atoms with van der Waals surface area (Å²) in [4.78, 5) is 13.0. The van der Waals surface area contributed by atoms with Crippen molar-refractivity contribution in [3.05, 3.63) is 35.7 Å². The van der Waals surface area contributed by atoms with Gasteiger partial charge in [0.05, 0.1) is 25.4 Å². The molecular formula is C17H20N4O4. The van der Waals surface area contributed by atoms with Gasteiger partial charge in [-0.25, -0.2) is 10.6 Å². The Hall–Kier alpha value is -2.87. The van der Waals surface area contributed by atoms with Crippen LogP contribution in [-0.2, 0) is 6.54 Å². The minimum atomic E-state index is -0.999. The quantitative estimate of drug-likeness (QED) is 0.729. The van der Waals surface area contributed by atoms with Gasteiger partial charge in [-0.1, -0.05) is 0 Å². The predicted molar refractivity (Wildman–Crippen MR) is 91.6 cm³/mol. The monoisotopic (exact) mass is 344 g/mol. The lowest BCUT2D eigenvalue weighted by Crippen LogP contribution is -2.36. The van der Waals surface area contributed by atoms with E-state index in [9.17, 15) is 4.79 Å². The SMILES string of the molecule is COc1ccc2oc3c(c2c1)CN(N)C=C3N1CCC(NC(=O)O)C1. The summed E-state index contributed by atoms with van der Waals surface area (Å²) in [6, 6.07) is 5.61. The summed E-state index contributed by atoms with van der Waals surface area (Å²) in [6.45, 7) is 1.87. The van der Waals surface area contributed by atoms with Gasteiger partial charge in [0.15, 0.2) is 5.76 Å². The Morgan fingerprint density at radius 2 is 2.32 bits per heavy atom. The number of hydrazine groups is 1. The molecule has 25 heavy (non-hydrogen) atoms. The number of nitrogens with one attached hydrogen (secondary N) is 1. The minimum absolute atomic E-state index is 0.0977. The Labute approximate surface area is 144 Å². The Morgan fingerprint density at radius 3 is 3.08 bits per heavy atom. The zero-order valence-corrected chi connectivity index (χ0v) is 13.9. The number of amides is 1. The highest BCUT2D eigenvalue weighted by atomic mass is 16.5. The fraction of sp³-hybridized carbons (Fsp3) is 0.353. The maximum atomic E-state index is 10.9. The third-order valence-electron chi connectivity index (χ3n) is 4.72. The fourth-order valence-corrected chi connectivity index (χ4v) is 3.56. The van der Waals surface area contributed by atoms with Crippen molar-refractivity contribution in [1.29, 1.82) is 0 Å². The molecule has 2 aliphatic rings. The second-order valence-corrected chi connectivity index (χ2v) is 6.34. The smallest absolute Gasteiger partial charge is 0.404 e. The number of carboxylic acid groups (broad SMARTS) is 1. The molecule has 132 valence electrons. The van der Waals surface area contributed by atoms with Crippen LogP contribution in [0.25, 0.3) is 16.7 Å². The van der Waals surface area contributed by atoms with Gasteiger partial charge in [0.25, 0.3) is 0 Å². The van der Waals surface area contributed by atoms with Crippen molar-refractivity contribution in [2.75, 3.05) is 20.2 Å². The highest BCUT2D eigenvalue weighted by molar-refractivity contribution is 5.88. The van der Waals surface area contributed by atoms with Gasteiger partial charge in [-0.05, 0) is 24.6 Å². The summed E-state index contributed by atoms with van der Waals surface area (Å²) >= 11 is 0. The van der Waals surface area contributed by atoms with Gasteiger partial charge in [0.2, 0.25) is 0 Å². The van der Waals surface area contributed by atoms with E-state index in [-0.39, 0.29) is 6.04 Å². The molecule has 2 aliphatic heterocycles. The molecule has 1 aromatic carbocycles. The number of benzene rings is 1. The molecule has 4 rings (SSSR count). The minimum Gasteiger partial charge on any atom is -0.497 e. The number of likely N-dealkylation sites (tertiary alicyclic amines) is 1. The molecule has 0 saturated carbocycles. The number of hydrogen-bond acceptors (Lipinski definition) is 6. The molecule has 3 heterocycles. The molecule has 1 fully saturated rings. The topological polar surface area (TPSA) is 104 Å². The summed E-state index contributed by atoms with van der Waals surface area (Å²) in [5, 5.41) is 14.1. The number of fused-ring (bicyclic) bond motifs is 3. The predicted octanol–water partition coefficient (Wildman–Crippen LogP) is 1.77. The van der Waals surface area contributed by atoms with E-state index in [4.69, 9.17) is 20.1 Å². The van der Waals surface area contributed by atoms with Crippen molar-refractivity contribution in [3.63, 3.8) is 0 Å². The number of furan rings is 1. The maximum absolute atomic E-state index is 10.9. The van der Waals surface area contributed by atoms with Crippen molar-refractivity contribution in [2.24, 2.45) is 5.84 Å². The van der Waals surface area contributed by atoms with Gasteiger partial charge in [-0.3, -0.25) is 0 Å². The van der Waals surface area contributed by atoms with Crippen molar-refractivity contribution in [2.45, 2.75) is 19.0 Å². The average molecular weight is 344 g/mol. The van der Waals surface area contributed by atoms with Crippen LogP contribution in [-0.4, -0.2) is 47.3 Å². The average Bonchev–Trinajstić information content (AvgIpc) is 3.17. The molecule has 1 atom stereocenters. The lowest BCUT2D eigenvalue weighted by Gasteiger charge is -2.28. The first kappa shape index (κ1) is 15.6. The normalized spacial score (nSPS) is 19.8. The van der Waals surface area contributed by atoms with E-state index in [1.165, 1.54) is 0 Å². The lowest BCUT2D eigenvalue weighted by molar-refractivity contribution is 0.190. The van der Waals surface area contributed by atoms with Crippen LogP contribution in [0.4, 0.5) is 4.79 Å². The molecule has 8 nitrogen and oxygen atoms in total. The second kappa shape index (κ2) is 5.89. The van der Waals surface area contributed by atoms with Gasteiger partial charge in [0, 0.05) is 30.2 Å². The third kappa shape index (κ3) is 2.74. The molecule has 1 amide bonds. The van der Waals surface area contributed by atoms with Crippen LogP contribution in [0, 0.1) is 0 Å². The Morgan fingerprint density at radius 1 is 1.48 bits per heavy atom. The van der Waals surface area contributed by atoms with Crippen LogP contribution >= 0.6 is 0 Å². The van der Waals surface area contributed by atoms with Gasteiger partial charge >= 0.3 is 6.09 Å². The summed E-state index contributed by atoms with van der Waals surface area (Å²) in [7, 11) is 1.63. The third-order valence-corrected chi connectivity index (χ3v) is 4.72. The number of methoxy groups -OCH3 is 1. The zero-order valence-electron chi connectivity index (χ0n) is 13.9. The fourth-order valence-electron chi connectivity index (χ4n) is 3.56. The number of hydrogen-bond donors (Lipinski definition) is 3. The van der Waals surface area contributed by atoms with Gasteiger partial charge in [-0.2, -0.15) is 0 Å². The van der Waals surface area contributed by atoms with E-state index in [1.54, 1.807) is 12.1 Å². The number of carbonyl (C=O) groups is 1. The summed E-state index contributed by atoms with van der Waals surface area (Å²) in [5.41, 5.74) is 2.68. The summed E-state index contributed by atoms with van der Waals surface area (Å²) in [6.07, 6.45) is 1.60. The van der Waals surface area contributed by atoms with Gasteiger partial charge < -0.3 is 29.5 Å². The first-order valence-electron chi connectivity index (χ1n) is 8.12. The second-order valence-electron chi connectivity index (χ2n) is 6.34. The van der Waals surface area contributed by atoms with Crippen molar-refractivity contribution >= 4 is 22.8 Å². The highest BCUT2D eigenvalue weighted by Crippen LogP contribution is 2.38. The zero-order chi connectivity index (χ0) is 17.6. The molecule has 0 spiro atoms. The number of ether oxygens (including phenoxy) is 1. The summed E-state index contributed by atoms with van der Waals surface area (Å²) < 4.78 is 11.4. The van der Waals surface area contributed by atoms with E-state index in [0.717, 1.165) is 46.7 Å². The van der Waals surface area contributed by atoms with Crippen LogP contribution in [0.3, 0.4) is 0 Å². The molecular weight excluding hydrogens is 324 g/mol. The van der Waals surface area contributed by atoms with Crippen LogP contribution in [0.1, 0.15) is 17.7 Å². The van der Waals surface area contributed by atoms with Crippen LogP contribution in [0.2, 0.25) is 0 Å². The molecule has 4 N–H and O–H groups in total. The lowest BCUT2D eigenvalue weighted by atomic mass is 10.1. The van der Waals surface area contributed by atoms with E-state index in [0.29, 0.717) is 13.1 Å². The van der Waals surface area contributed by atoms with E-state index in [2.05, 4.69) is 10.2 Å². The molecule has 1 aromatic heterocycles. The van der Waals surface area contributed by atoms with E-state index >= 15 is 0 Å². The van der Waals surface area contributed by atoms with Crippen LogP contribution < -0.4 is 15.9 Å². The highest BCUT2D eigenvalue weighted by Gasteiger charge is 2.32. The van der Waals surface area contributed by atoms with Crippen LogP contribution in [0.5, 0.6) is 5.75 Å². The number of nitrogens with zero attached hydrogens (tertiary/aromatic N) is 2. The molecule has 8 heteroatoms. The van der Waals surface area contributed by atoms with E-state index in [1.807, 2.05) is 24.4 Å². The molecule has 0 radical (unpaired) electrons. The van der Waals surface area contributed by atoms with Gasteiger partial charge in [0.1, 0.15) is 11.3 Å². The Bertz CT molecular complexity index is 860. The first-order chi connectivity index (χ1) is 12.0. The Kier molecular flexibility index (Phi) is 3.69. The van der Waals surface area contributed by atoms with Crippen molar-refractivity contribution in [3.8, 4) is 5.75 Å². The van der Waals surface area contributed by atoms with E-state index < -0.39 is 6.09 Å². The largest absolute Gasteiger partial charge is 0.497 e. The molecule has 0 bridgehead atoms.